The van der Waals surface area contributed by atoms with Crippen molar-refractivity contribution in [3.63, 3.8) is 0 Å². The van der Waals surface area contributed by atoms with Crippen LogP contribution in [0, 0.1) is 0 Å². The zero-order valence-electron chi connectivity index (χ0n) is 12.3. The Bertz CT molecular complexity index is 455. The van der Waals surface area contributed by atoms with Crippen molar-refractivity contribution < 1.29 is 9.53 Å². The molecule has 2 heterocycles. The number of amides is 1. The summed E-state index contributed by atoms with van der Waals surface area (Å²) in [5.74, 6) is -0.0827. The Morgan fingerprint density at radius 1 is 1.55 bits per heavy atom. The second-order valence-electron chi connectivity index (χ2n) is 5.84. The van der Waals surface area contributed by atoms with Crippen LogP contribution in [-0.4, -0.2) is 41.0 Å². The Kier molecular flexibility index (Phi) is 5.56. The first-order valence-corrected chi connectivity index (χ1v) is 6.59. The van der Waals surface area contributed by atoms with Crippen LogP contribution in [0.15, 0.2) is 12.4 Å². The second kappa shape index (κ2) is 6.56. The molecular weight excluding hydrogens is 280 g/mol. The van der Waals surface area contributed by atoms with E-state index in [4.69, 9.17) is 4.74 Å². The van der Waals surface area contributed by atoms with E-state index in [-0.39, 0.29) is 36.0 Å². The molecule has 20 heavy (non-hydrogen) atoms. The zero-order chi connectivity index (χ0) is 14.0. The molecular formula is C13H23ClN4O2. The van der Waals surface area contributed by atoms with Crippen molar-refractivity contribution >= 4 is 24.0 Å². The molecule has 1 fully saturated rings. The molecule has 0 unspecified atom stereocenters. The highest BCUT2D eigenvalue weighted by molar-refractivity contribution is 5.95. The summed E-state index contributed by atoms with van der Waals surface area (Å²) in [4.78, 5) is 12.1. The Labute approximate surface area is 125 Å². The van der Waals surface area contributed by atoms with E-state index in [1.54, 1.807) is 6.20 Å². The molecule has 1 amide bonds. The van der Waals surface area contributed by atoms with E-state index < -0.39 is 0 Å². The van der Waals surface area contributed by atoms with Gasteiger partial charge in [-0.25, -0.2) is 0 Å². The third-order valence-electron chi connectivity index (χ3n) is 3.14. The molecule has 7 heteroatoms. The van der Waals surface area contributed by atoms with Gasteiger partial charge in [0.05, 0.1) is 30.1 Å². The largest absolute Gasteiger partial charge is 0.375 e. The highest BCUT2D eigenvalue weighted by atomic mass is 35.5. The minimum Gasteiger partial charge on any atom is -0.375 e. The lowest BCUT2D eigenvalue weighted by Crippen LogP contribution is -2.53. The smallest absolute Gasteiger partial charge is 0.244 e. The van der Waals surface area contributed by atoms with E-state index >= 15 is 0 Å². The molecule has 2 rings (SSSR count). The van der Waals surface area contributed by atoms with Gasteiger partial charge in [0.2, 0.25) is 5.91 Å². The quantitative estimate of drug-likeness (QED) is 0.866. The van der Waals surface area contributed by atoms with Gasteiger partial charge in [-0.05, 0) is 27.7 Å². The van der Waals surface area contributed by atoms with Crippen LogP contribution in [0.5, 0.6) is 0 Å². The first kappa shape index (κ1) is 16.9. The summed E-state index contributed by atoms with van der Waals surface area (Å²) in [5, 5.41) is 10.3. The van der Waals surface area contributed by atoms with Crippen molar-refractivity contribution in [3.05, 3.63) is 12.4 Å². The van der Waals surface area contributed by atoms with Crippen molar-refractivity contribution in [1.82, 2.24) is 15.1 Å². The van der Waals surface area contributed by atoms with Crippen molar-refractivity contribution in [2.24, 2.45) is 0 Å². The Morgan fingerprint density at radius 2 is 2.25 bits per heavy atom. The van der Waals surface area contributed by atoms with E-state index in [1.807, 2.05) is 17.8 Å². The molecule has 0 bridgehead atoms. The molecule has 0 radical (unpaired) electrons. The van der Waals surface area contributed by atoms with Gasteiger partial charge in [-0.1, -0.05) is 0 Å². The van der Waals surface area contributed by atoms with Crippen LogP contribution in [0.2, 0.25) is 0 Å². The fraction of sp³-hybridized carbons (Fsp3) is 0.692. The number of hydrogen-bond donors (Lipinski definition) is 2. The highest BCUT2D eigenvalue weighted by Crippen LogP contribution is 2.16. The molecule has 1 aromatic rings. The Balaban J connectivity index is 0.00000200. The summed E-state index contributed by atoms with van der Waals surface area (Å²) >= 11 is 0. The molecule has 1 aliphatic rings. The summed E-state index contributed by atoms with van der Waals surface area (Å²) in [7, 11) is 0. The molecule has 0 saturated carbocycles. The predicted molar refractivity (Wildman–Crippen MR) is 80.3 cm³/mol. The molecule has 0 spiro atoms. The molecule has 114 valence electrons. The Morgan fingerprint density at radius 3 is 2.80 bits per heavy atom. The van der Waals surface area contributed by atoms with Crippen LogP contribution in [0.3, 0.4) is 0 Å². The number of hydrogen-bond acceptors (Lipinski definition) is 4. The van der Waals surface area contributed by atoms with Gasteiger partial charge in [-0.15, -0.1) is 12.4 Å². The zero-order valence-corrected chi connectivity index (χ0v) is 13.2. The van der Waals surface area contributed by atoms with Crippen LogP contribution in [0.25, 0.3) is 0 Å². The number of ether oxygens (including phenoxy) is 1. The molecule has 1 aromatic heterocycles. The van der Waals surface area contributed by atoms with E-state index in [9.17, 15) is 4.79 Å². The molecule has 2 atom stereocenters. The number of anilines is 1. The van der Waals surface area contributed by atoms with Gasteiger partial charge in [0.15, 0.2) is 0 Å². The van der Waals surface area contributed by atoms with E-state index in [0.29, 0.717) is 18.8 Å². The first-order valence-electron chi connectivity index (χ1n) is 6.59. The summed E-state index contributed by atoms with van der Waals surface area (Å²) in [5.41, 5.74) is 0.613. The van der Waals surface area contributed by atoms with Crippen LogP contribution in [0.4, 0.5) is 5.69 Å². The highest BCUT2D eigenvalue weighted by Gasteiger charge is 2.28. The average molecular weight is 303 g/mol. The Hall–Kier alpha value is -1.11. The van der Waals surface area contributed by atoms with E-state index in [1.165, 1.54) is 0 Å². The predicted octanol–water partition coefficient (Wildman–Crippen LogP) is 1.38. The number of morpholine rings is 1. The molecule has 6 nitrogen and oxygen atoms in total. The van der Waals surface area contributed by atoms with Crippen molar-refractivity contribution in [1.29, 1.82) is 0 Å². The number of carbonyl (C=O) groups excluding carboxylic acids is 1. The maximum atomic E-state index is 12.1. The van der Waals surface area contributed by atoms with Crippen LogP contribution < -0.4 is 10.6 Å². The summed E-state index contributed by atoms with van der Waals surface area (Å²) in [6.07, 6.45) is 3.38. The number of carbonyl (C=O) groups is 1. The van der Waals surface area contributed by atoms with Gasteiger partial charge < -0.3 is 15.4 Å². The van der Waals surface area contributed by atoms with E-state index in [2.05, 4.69) is 36.5 Å². The average Bonchev–Trinajstić information content (AvgIpc) is 2.77. The van der Waals surface area contributed by atoms with Crippen LogP contribution in [0.1, 0.15) is 27.7 Å². The van der Waals surface area contributed by atoms with Gasteiger partial charge in [0.1, 0.15) is 6.04 Å². The third kappa shape index (κ3) is 3.94. The van der Waals surface area contributed by atoms with Gasteiger partial charge in [-0.3, -0.25) is 9.48 Å². The standard InChI is InChI=1S/C13H22N4O2.ClH/c1-9-11(14-5-6-19-9)12(18)16-10-7-15-17(8-10)13(2,3)4;/h7-9,11,14H,5-6H2,1-4H3,(H,16,18);1H/t9-,11+;/m1./s1. The van der Waals surface area contributed by atoms with E-state index in [0.717, 1.165) is 0 Å². The molecule has 1 aliphatic heterocycles. The monoisotopic (exact) mass is 302 g/mol. The lowest BCUT2D eigenvalue weighted by atomic mass is 10.1. The minimum atomic E-state index is -0.313. The third-order valence-corrected chi connectivity index (χ3v) is 3.14. The normalized spacial score (nSPS) is 23.0. The van der Waals surface area contributed by atoms with Crippen molar-refractivity contribution in [2.75, 3.05) is 18.5 Å². The molecule has 2 N–H and O–H groups in total. The number of nitrogens with one attached hydrogen (secondary N) is 2. The van der Waals surface area contributed by atoms with Gasteiger partial charge >= 0.3 is 0 Å². The van der Waals surface area contributed by atoms with Gasteiger partial charge in [-0.2, -0.15) is 5.10 Å². The fourth-order valence-corrected chi connectivity index (χ4v) is 2.00. The van der Waals surface area contributed by atoms with Crippen molar-refractivity contribution in [2.45, 2.75) is 45.4 Å². The van der Waals surface area contributed by atoms with Gasteiger partial charge in [0.25, 0.3) is 0 Å². The molecule has 0 aromatic carbocycles. The summed E-state index contributed by atoms with van der Waals surface area (Å²) in [6.45, 7) is 9.42. The fourth-order valence-electron chi connectivity index (χ4n) is 2.00. The topological polar surface area (TPSA) is 68.2 Å². The number of rotatable bonds is 2. The lowest BCUT2D eigenvalue weighted by molar-refractivity contribution is -0.123. The van der Waals surface area contributed by atoms with Crippen molar-refractivity contribution in [3.8, 4) is 0 Å². The maximum absolute atomic E-state index is 12.1. The number of aromatic nitrogens is 2. The van der Waals surface area contributed by atoms with Gasteiger partial charge in [0, 0.05) is 12.7 Å². The molecule has 1 saturated heterocycles. The van der Waals surface area contributed by atoms with Crippen LogP contribution >= 0.6 is 12.4 Å². The maximum Gasteiger partial charge on any atom is 0.244 e. The lowest BCUT2D eigenvalue weighted by Gasteiger charge is -2.29. The summed E-state index contributed by atoms with van der Waals surface area (Å²) < 4.78 is 7.29. The molecule has 0 aliphatic carbocycles. The second-order valence-corrected chi connectivity index (χ2v) is 5.84. The first-order chi connectivity index (χ1) is 8.88. The number of nitrogens with zero attached hydrogens (tertiary/aromatic N) is 2. The number of halogens is 1. The SMILES string of the molecule is C[C@H]1OCCN[C@@H]1C(=O)Nc1cnn(C(C)(C)C)c1.Cl. The minimum absolute atomic E-state index is 0. The van der Waals surface area contributed by atoms with Crippen LogP contribution in [-0.2, 0) is 15.1 Å². The summed E-state index contributed by atoms with van der Waals surface area (Å²) in [6, 6.07) is -0.313.